The molecule has 0 aromatic heterocycles. The summed E-state index contributed by atoms with van der Waals surface area (Å²) in [5.41, 5.74) is 1.92. The summed E-state index contributed by atoms with van der Waals surface area (Å²) in [7, 11) is 0. The second-order valence-corrected chi connectivity index (χ2v) is 1.76. The Morgan fingerprint density at radius 2 is 2.18 bits per heavy atom. The van der Waals surface area contributed by atoms with Gasteiger partial charge in [-0.2, -0.15) is 0 Å². The molecule has 0 saturated carbocycles. The highest BCUT2D eigenvalue weighted by Crippen LogP contribution is 1.81. The minimum absolute atomic E-state index is 0.168. The van der Waals surface area contributed by atoms with Gasteiger partial charge in [-0.25, -0.2) is 5.48 Å². The van der Waals surface area contributed by atoms with E-state index < -0.39 is 11.7 Å². The molecule has 0 unspecified atom stereocenters. The molecule has 11 heavy (non-hydrogen) atoms. The van der Waals surface area contributed by atoms with Gasteiger partial charge in [0.25, 0.3) is 0 Å². The van der Waals surface area contributed by atoms with Crippen LogP contribution in [0.15, 0.2) is 0 Å². The third kappa shape index (κ3) is 4.46. The molecule has 0 rings (SSSR count). The van der Waals surface area contributed by atoms with Crippen LogP contribution in [0.3, 0.4) is 0 Å². The van der Waals surface area contributed by atoms with Gasteiger partial charge in [0.15, 0.2) is 0 Å². The lowest BCUT2D eigenvalue weighted by molar-refractivity contribution is -0.146. The van der Waals surface area contributed by atoms with Crippen LogP contribution in [0.2, 0.25) is 0 Å². The summed E-state index contributed by atoms with van der Waals surface area (Å²) >= 11 is 0. The van der Waals surface area contributed by atoms with Crippen LogP contribution in [-0.2, 0) is 14.4 Å². The van der Waals surface area contributed by atoms with Crippen molar-refractivity contribution >= 4 is 11.7 Å². The molecule has 0 radical (unpaired) electrons. The van der Waals surface area contributed by atoms with Crippen molar-refractivity contribution in [3.05, 3.63) is 0 Å². The molecular weight excluding hydrogens is 150 g/mol. The SMILES string of the molecule is CCONC(=O)C(=O)CCO. The zero-order valence-corrected chi connectivity index (χ0v) is 6.29. The number of amides is 1. The van der Waals surface area contributed by atoms with E-state index in [4.69, 9.17) is 5.11 Å². The third-order valence-corrected chi connectivity index (χ3v) is 0.901. The van der Waals surface area contributed by atoms with Crippen molar-refractivity contribution in [1.29, 1.82) is 0 Å². The monoisotopic (exact) mass is 161 g/mol. The van der Waals surface area contributed by atoms with Gasteiger partial charge in [-0.05, 0) is 6.92 Å². The van der Waals surface area contributed by atoms with Gasteiger partial charge in [0.1, 0.15) is 0 Å². The fourth-order valence-corrected chi connectivity index (χ4v) is 0.410. The maximum atomic E-state index is 10.6. The lowest BCUT2D eigenvalue weighted by atomic mass is 10.3. The highest BCUT2D eigenvalue weighted by atomic mass is 16.6. The topological polar surface area (TPSA) is 75.6 Å². The van der Waals surface area contributed by atoms with Crippen LogP contribution in [0.5, 0.6) is 0 Å². The molecule has 1 amide bonds. The molecule has 2 N–H and O–H groups in total. The largest absolute Gasteiger partial charge is 0.396 e. The highest BCUT2D eigenvalue weighted by Gasteiger charge is 2.11. The average molecular weight is 161 g/mol. The number of Topliss-reactive ketones (excluding diaryl/α,β-unsaturated/α-hetero) is 1. The van der Waals surface area contributed by atoms with E-state index in [1.807, 2.05) is 5.48 Å². The molecule has 0 aromatic carbocycles. The van der Waals surface area contributed by atoms with Gasteiger partial charge >= 0.3 is 5.91 Å². The molecule has 0 aliphatic rings. The van der Waals surface area contributed by atoms with E-state index in [0.717, 1.165) is 0 Å². The zero-order valence-electron chi connectivity index (χ0n) is 6.29. The van der Waals surface area contributed by atoms with Gasteiger partial charge in [-0.15, -0.1) is 0 Å². The second-order valence-electron chi connectivity index (χ2n) is 1.76. The molecule has 0 saturated heterocycles. The van der Waals surface area contributed by atoms with Crippen molar-refractivity contribution in [1.82, 2.24) is 5.48 Å². The molecule has 0 aliphatic carbocycles. The quantitative estimate of drug-likeness (QED) is 0.401. The third-order valence-electron chi connectivity index (χ3n) is 0.901. The predicted molar refractivity (Wildman–Crippen MR) is 36.5 cm³/mol. The van der Waals surface area contributed by atoms with Crippen LogP contribution in [0.4, 0.5) is 0 Å². The van der Waals surface area contributed by atoms with Gasteiger partial charge < -0.3 is 5.11 Å². The van der Waals surface area contributed by atoms with Gasteiger partial charge in [0.2, 0.25) is 5.78 Å². The molecule has 0 fully saturated rings. The number of carbonyl (C=O) groups excluding carboxylic acids is 2. The van der Waals surface area contributed by atoms with Gasteiger partial charge in [-0.3, -0.25) is 14.4 Å². The summed E-state index contributed by atoms with van der Waals surface area (Å²) in [6.07, 6.45) is -0.168. The number of hydrogen-bond donors (Lipinski definition) is 2. The van der Waals surface area contributed by atoms with Crippen LogP contribution < -0.4 is 5.48 Å². The number of carbonyl (C=O) groups is 2. The number of ketones is 1. The second kappa shape index (κ2) is 5.82. The van der Waals surface area contributed by atoms with Crippen molar-refractivity contribution in [3.8, 4) is 0 Å². The maximum absolute atomic E-state index is 10.6. The smallest absolute Gasteiger partial charge is 0.310 e. The van der Waals surface area contributed by atoms with Gasteiger partial charge in [-0.1, -0.05) is 0 Å². The number of aliphatic hydroxyl groups is 1. The Morgan fingerprint density at radius 3 is 2.64 bits per heavy atom. The molecule has 5 heteroatoms. The minimum atomic E-state index is -0.819. The Hall–Kier alpha value is -0.940. The van der Waals surface area contributed by atoms with Gasteiger partial charge in [0.05, 0.1) is 13.2 Å². The molecule has 64 valence electrons. The molecular formula is C6H11NO4. The van der Waals surface area contributed by atoms with Gasteiger partial charge in [0, 0.05) is 6.42 Å². The maximum Gasteiger partial charge on any atom is 0.310 e. The first kappa shape index (κ1) is 10.1. The Morgan fingerprint density at radius 1 is 1.55 bits per heavy atom. The number of hydrogen-bond acceptors (Lipinski definition) is 4. The summed E-state index contributed by atoms with van der Waals surface area (Å²) < 4.78 is 0. The average Bonchev–Trinajstić information content (AvgIpc) is 2.00. The summed E-state index contributed by atoms with van der Waals surface area (Å²) in [4.78, 5) is 25.7. The standard InChI is InChI=1S/C6H11NO4/c1-2-11-7-6(10)5(9)3-4-8/h8H,2-4H2,1H3,(H,7,10). The fourth-order valence-electron chi connectivity index (χ4n) is 0.410. The van der Waals surface area contributed by atoms with Crippen LogP contribution in [0.25, 0.3) is 0 Å². The van der Waals surface area contributed by atoms with E-state index >= 15 is 0 Å². The van der Waals surface area contributed by atoms with E-state index in [1.54, 1.807) is 6.92 Å². The molecule has 0 aliphatic heterocycles. The number of aliphatic hydroxyl groups excluding tert-OH is 1. The lowest BCUT2D eigenvalue weighted by Gasteiger charge is -2.00. The van der Waals surface area contributed by atoms with E-state index in [9.17, 15) is 9.59 Å². The van der Waals surface area contributed by atoms with Crippen molar-refractivity contribution in [2.75, 3.05) is 13.2 Å². The normalized spacial score (nSPS) is 9.27. The van der Waals surface area contributed by atoms with Crippen LogP contribution in [0, 0.1) is 0 Å². The highest BCUT2D eigenvalue weighted by molar-refractivity contribution is 6.35. The summed E-state index contributed by atoms with van der Waals surface area (Å²) in [6, 6.07) is 0. The molecule has 0 spiro atoms. The Balaban J connectivity index is 3.56. The van der Waals surface area contributed by atoms with Crippen molar-refractivity contribution < 1.29 is 19.5 Å². The first-order chi connectivity index (χ1) is 5.22. The molecule has 0 bridgehead atoms. The van der Waals surface area contributed by atoms with E-state index in [-0.39, 0.29) is 13.0 Å². The number of hydroxylamine groups is 1. The lowest BCUT2D eigenvalue weighted by Crippen LogP contribution is -2.31. The minimum Gasteiger partial charge on any atom is -0.396 e. The number of rotatable bonds is 5. The molecule has 0 aromatic rings. The van der Waals surface area contributed by atoms with Crippen LogP contribution >= 0.6 is 0 Å². The van der Waals surface area contributed by atoms with E-state index in [1.165, 1.54) is 0 Å². The Bertz CT molecular complexity index is 146. The van der Waals surface area contributed by atoms with E-state index in [2.05, 4.69) is 4.84 Å². The molecule has 0 atom stereocenters. The molecule has 5 nitrogen and oxygen atoms in total. The molecule has 0 heterocycles. The van der Waals surface area contributed by atoms with Crippen molar-refractivity contribution in [2.24, 2.45) is 0 Å². The summed E-state index contributed by atoms with van der Waals surface area (Å²) in [5.74, 6) is -1.50. The first-order valence-corrected chi connectivity index (χ1v) is 3.28. The fraction of sp³-hybridized carbons (Fsp3) is 0.667. The summed E-state index contributed by atoms with van der Waals surface area (Å²) in [5, 5.41) is 8.27. The predicted octanol–water partition coefficient (Wildman–Crippen LogP) is -0.994. The van der Waals surface area contributed by atoms with E-state index in [0.29, 0.717) is 6.61 Å². The summed E-state index contributed by atoms with van der Waals surface area (Å²) in [6.45, 7) is 1.66. The zero-order chi connectivity index (χ0) is 8.69. The van der Waals surface area contributed by atoms with Crippen LogP contribution in [0.1, 0.15) is 13.3 Å². The first-order valence-electron chi connectivity index (χ1n) is 3.28. The number of nitrogens with one attached hydrogen (secondary N) is 1. The Labute approximate surface area is 64.3 Å². The van der Waals surface area contributed by atoms with Crippen LogP contribution in [-0.4, -0.2) is 30.0 Å². The van der Waals surface area contributed by atoms with Crippen molar-refractivity contribution in [3.63, 3.8) is 0 Å². The van der Waals surface area contributed by atoms with Crippen molar-refractivity contribution in [2.45, 2.75) is 13.3 Å². The Kier molecular flexibility index (Phi) is 5.32.